The fourth-order valence-corrected chi connectivity index (χ4v) is 2.20. The van der Waals surface area contributed by atoms with Gasteiger partial charge in [-0.2, -0.15) is 0 Å². The molecule has 0 aliphatic rings. The summed E-state index contributed by atoms with van der Waals surface area (Å²) < 4.78 is 10.7. The molecule has 2 N–H and O–H groups in total. The van der Waals surface area contributed by atoms with Crippen molar-refractivity contribution in [2.45, 2.75) is 20.8 Å². The highest BCUT2D eigenvalue weighted by Gasteiger charge is 2.10. The fourth-order valence-electron chi connectivity index (χ4n) is 2.20. The number of hydrogen-bond acceptors (Lipinski definition) is 4. The number of carbonyl (C=O) groups is 2. The molecule has 0 fully saturated rings. The Morgan fingerprint density at radius 2 is 1.60 bits per heavy atom. The van der Waals surface area contributed by atoms with E-state index in [9.17, 15) is 9.59 Å². The standard InChI is InChI=1S/C19H22N2O4/c1-12-5-6-14(3)17(9-12)25-11-18(22)20-21-19(23)15-8-7-13(2)16(10-15)24-4/h5-10H,11H2,1-4H3,(H,20,22)(H,21,23). The molecule has 0 aliphatic carbocycles. The highest BCUT2D eigenvalue weighted by molar-refractivity contribution is 5.95. The average Bonchev–Trinajstić information content (AvgIpc) is 2.60. The highest BCUT2D eigenvalue weighted by Crippen LogP contribution is 2.19. The number of benzene rings is 2. The monoisotopic (exact) mass is 342 g/mol. The molecule has 6 heteroatoms. The van der Waals surface area contributed by atoms with Crippen molar-refractivity contribution in [3.63, 3.8) is 0 Å². The summed E-state index contributed by atoms with van der Waals surface area (Å²) in [7, 11) is 1.54. The Bertz CT molecular complexity index is 787. The molecular formula is C19H22N2O4. The van der Waals surface area contributed by atoms with Gasteiger partial charge in [-0.15, -0.1) is 0 Å². The zero-order valence-electron chi connectivity index (χ0n) is 14.8. The SMILES string of the molecule is COc1cc(C(=O)NNC(=O)COc2cc(C)ccc2C)ccc1C. The van der Waals surface area contributed by atoms with Gasteiger partial charge in [0, 0.05) is 5.56 Å². The normalized spacial score (nSPS) is 10.1. The summed E-state index contributed by atoms with van der Waals surface area (Å²) in [6.45, 7) is 5.54. The first-order valence-corrected chi connectivity index (χ1v) is 7.84. The van der Waals surface area contributed by atoms with Gasteiger partial charge in [0.15, 0.2) is 6.61 Å². The molecule has 0 saturated heterocycles. The van der Waals surface area contributed by atoms with Crippen molar-refractivity contribution in [3.05, 3.63) is 58.7 Å². The van der Waals surface area contributed by atoms with Crippen molar-refractivity contribution in [1.82, 2.24) is 10.9 Å². The third kappa shape index (κ3) is 4.97. The van der Waals surface area contributed by atoms with Gasteiger partial charge in [0.2, 0.25) is 0 Å². The van der Waals surface area contributed by atoms with Crippen LogP contribution in [0.4, 0.5) is 0 Å². The van der Waals surface area contributed by atoms with Crippen molar-refractivity contribution in [2.24, 2.45) is 0 Å². The van der Waals surface area contributed by atoms with Gasteiger partial charge in [0.05, 0.1) is 7.11 Å². The second kappa shape index (κ2) is 8.19. The van der Waals surface area contributed by atoms with E-state index in [1.165, 1.54) is 7.11 Å². The number of aryl methyl sites for hydroxylation is 3. The number of nitrogens with one attached hydrogen (secondary N) is 2. The van der Waals surface area contributed by atoms with Crippen LogP contribution in [0.1, 0.15) is 27.0 Å². The Morgan fingerprint density at radius 3 is 2.32 bits per heavy atom. The van der Waals surface area contributed by atoms with Crippen LogP contribution in [0.3, 0.4) is 0 Å². The minimum Gasteiger partial charge on any atom is -0.496 e. The lowest BCUT2D eigenvalue weighted by atomic mass is 10.1. The molecule has 0 atom stereocenters. The van der Waals surface area contributed by atoms with Crippen LogP contribution < -0.4 is 20.3 Å². The first kappa shape index (κ1) is 18.3. The van der Waals surface area contributed by atoms with Gasteiger partial charge in [0.1, 0.15) is 11.5 Å². The molecule has 2 aromatic rings. The Kier molecular flexibility index (Phi) is 6.00. The predicted molar refractivity (Wildman–Crippen MR) is 94.8 cm³/mol. The third-order valence-electron chi connectivity index (χ3n) is 3.69. The molecule has 0 heterocycles. The van der Waals surface area contributed by atoms with Crippen LogP contribution in [0.25, 0.3) is 0 Å². The summed E-state index contributed by atoms with van der Waals surface area (Å²) in [5.74, 6) is 0.369. The highest BCUT2D eigenvalue weighted by atomic mass is 16.5. The summed E-state index contributed by atoms with van der Waals surface area (Å²) in [4.78, 5) is 23.9. The quantitative estimate of drug-likeness (QED) is 0.819. The molecule has 0 aliphatic heterocycles. The van der Waals surface area contributed by atoms with Crippen molar-refractivity contribution in [1.29, 1.82) is 0 Å². The lowest BCUT2D eigenvalue weighted by Gasteiger charge is -2.11. The molecule has 0 saturated carbocycles. The van der Waals surface area contributed by atoms with E-state index < -0.39 is 11.8 Å². The van der Waals surface area contributed by atoms with Gasteiger partial charge in [0.25, 0.3) is 11.8 Å². The van der Waals surface area contributed by atoms with E-state index >= 15 is 0 Å². The van der Waals surface area contributed by atoms with E-state index in [1.807, 2.05) is 39.0 Å². The van der Waals surface area contributed by atoms with Crippen molar-refractivity contribution in [2.75, 3.05) is 13.7 Å². The van der Waals surface area contributed by atoms with Crippen LogP contribution in [0.2, 0.25) is 0 Å². The molecular weight excluding hydrogens is 320 g/mol. The number of amides is 2. The van der Waals surface area contributed by atoms with E-state index in [0.29, 0.717) is 17.1 Å². The number of hydrazine groups is 1. The zero-order valence-corrected chi connectivity index (χ0v) is 14.8. The third-order valence-corrected chi connectivity index (χ3v) is 3.69. The van der Waals surface area contributed by atoms with Gasteiger partial charge in [-0.3, -0.25) is 20.4 Å². The second-order valence-corrected chi connectivity index (χ2v) is 5.74. The van der Waals surface area contributed by atoms with Crippen molar-refractivity contribution >= 4 is 11.8 Å². The van der Waals surface area contributed by atoms with E-state index in [2.05, 4.69) is 10.9 Å². The Balaban J connectivity index is 1.87. The molecule has 25 heavy (non-hydrogen) atoms. The molecule has 2 aromatic carbocycles. The minimum absolute atomic E-state index is 0.193. The van der Waals surface area contributed by atoms with Crippen LogP contribution in [-0.2, 0) is 4.79 Å². The van der Waals surface area contributed by atoms with Gasteiger partial charge in [-0.05, 0) is 55.7 Å². The summed E-state index contributed by atoms with van der Waals surface area (Å²) >= 11 is 0. The Morgan fingerprint density at radius 1 is 0.920 bits per heavy atom. The van der Waals surface area contributed by atoms with Crippen LogP contribution in [-0.4, -0.2) is 25.5 Å². The Labute approximate surface area is 147 Å². The van der Waals surface area contributed by atoms with E-state index in [1.54, 1.807) is 18.2 Å². The van der Waals surface area contributed by atoms with Crippen LogP contribution >= 0.6 is 0 Å². The molecule has 0 bridgehead atoms. The van der Waals surface area contributed by atoms with Gasteiger partial charge in [-0.25, -0.2) is 0 Å². The maximum Gasteiger partial charge on any atom is 0.276 e. The first-order chi connectivity index (χ1) is 11.9. The molecule has 2 amide bonds. The predicted octanol–water partition coefficient (Wildman–Crippen LogP) is 2.46. The van der Waals surface area contributed by atoms with E-state index in [0.717, 1.165) is 16.7 Å². The number of carbonyl (C=O) groups excluding carboxylic acids is 2. The molecule has 2 rings (SSSR count). The average molecular weight is 342 g/mol. The number of rotatable bonds is 5. The molecule has 0 unspecified atom stereocenters. The summed E-state index contributed by atoms with van der Waals surface area (Å²) in [6.07, 6.45) is 0. The molecule has 132 valence electrons. The summed E-state index contributed by atoms with van der Waals surface area (Å²) in [6, 6.07) is 10.8. The number of hydrogen-bond donors (Lipinski definition) is 2. The summed E-state index contributed by atoms with van der Waals surface area (Å²) in [5, 5.41) is 0. The second-order valence-electron chi connectivity index (χ2n) is 5.74. The smallest absolute Gasteiger partial charge is 0.276 e. The number of methoxy groups -OCH3 is 1. The van der Waals surface area contributed by atoms with Crippen LogP contribution in [0, 0.1) is 20.8 Å². The molecule has 0 spiro atoms. The van der Waals surface area contributed by atoms with Gasteiger partial charge in [-0.1, -0.05) is 18.2 Å². The van der Waals surface area contributed by atoms with Crippen LogP contribution in [0.5, 0.6) is 11.5 Å². The lowest BCUT2D eigenvalue weighted by molar-refractivity contribution is -0.123. The van der Waals surface area contributed by atoms with Crippen molar-refractivity contribution in [3.8, 4) is 11.5 Å². The van der Waals surface area contributed by atoms with Gasteiger partial charge >= 0.3 is 0 Å². The molecule has 6 nitrogen and oxygen atoms in total. The first-order valence-electron chi connectivity index (χ1n) is 7.84. The number of ether oxygens (including phenoxy) is 2. The zero-order chi connectivity index (χ0) is 18.4. The van der Waals surface area contributed by atoms with Crippen LogP contribution in [0.15, 0.2) is 36.4 Å². The largest absolute Gasteiger partial charge is 0.496 e. The fraction of sp³-hybridized carbons (Fsp3) is 0.263. The molecule has 0 aromatic heterocycles. The topological polar surface area (TPSA) is 76.7 Å². The maximum atomic E-state index is 12.1. The summed E-state index contributed by atoms with van der Waals surface area (Å²) in [5.41, 5.74) is 7.98. The Hall–Kier alpha value is -3.02. The lowest BCUT2D eigenvalue weighted by Crippen LogP contribution is -2.43. The maximum absolute atomic E-state index is 12.1. The van der Waals surface area contributed by atoms with E-state index in [-0.39, 0.29) is 6.61 Å². The molecule has 0 radical (unpaired) electrons. The minimum atomic E-state index is -0.451. The van der Waals surface area contributed by atoms with Gasteiger partial charge < -0.3 is 9.47 Å². The van der Waals surface area contributed by atoms with Crippen molar-refractivity contribution < 1.29 is 19.1 Å². The van der Waals surface area contributed by atoms with E-state index in [4.69, 9.17) is 9.47 Å².